The van der Waals surface area contributed by atoms with E-state index in [1.54, 1.807) is 25.1 Å². The van der Waals surface area contributed by atoms with Crippen LogP contribution >= 0.6 is 22.9 Å². The molecule has 0 saturated heterocycles. The van der Waals surface area contributed by atoms with Gasteiger partial charge in [0.2, 0.25) is 0 Å². The van der Waals surface area contributed by atoms with Gasteiger partial charge >= 0.3 is 17.9 Å². The van der Waals surface area contributed by atoms with Gasteiger partial charge in [0.1, 0.15) is 27.8 Å². The maximum atomic E-state index is 12.0. The summed E-state index contributed by atoms with van der Waals surface area (Å²) in [5.41, 5.74) is 6.70. The molecule has 0 atom stereocenters. The minimum atomic E-state index is -0.747. The number of nitrogens with two attached hydrogens (primary N) is 1. The van der Waals surface area contributed by atoms with Gasteiger partial charge in [0.25, 0.3) is 0 Å². The molecule has 0 saturated carbocycles. The number of anilines is 1. The lowest BCUT2D eigenvalue weighted by Crippen LogP contribution is -2.17. The number of esters is 3. The lowest BCUT2D eigenvalue weighted by Gasteiger charge is -2.09. The Morgan fingerprint density at radius 3 is 2.43 bits per heavy atom. The van der Waals surface area contributed by atoms with Crippen molar-refractivity contribution in [1.29, 1.82) is 0 Å². The van der Waals surface area contributed by atoms with E-state index in [1.807, 2.05) is 0 Å². The third kappa shape index (κ3) is 4.93. The van der Waals surface area contributed by atoms with Crippen molar-refractivity contribution in [2.24, 2.45) is 0 Å². The molecule has 10 heteroatoms. The van der Waals surface area contributed by atoms with E-state index in [0.717, 1.165) is 16.9 Å². The first-order chi connectivity index (χ1) is 13.3. The van der Waals surface area contributed by atoms with Crippen LogP contribution in [0.5, 0.6) is 5.75 Å². The van der Waals surface area contributed by atoms with E-state index in [-0.39, 0.29) is 34.2 Å². The highest BCUT2D eigenvalue weighted by molar-refractivity contribution is 7.18. The predicted octanol–water partition coefficient (Wildman–Crippen LogP) is 2.99. The van der Waals surface area contributed by atoms with Crippen LogP contribution in [-0.4, -0.2) is 38.7 Å². The van der Waals surface area contributed by atoms with Gasteiger partial charge < -0.3 is 24.7 Å². The highest BCUT2D eigenvalue weighted by atomic mass is 35.5. The second-order valence-corrected chi connectivity index (χ2v) is 6.95. The number of carbonyl (C=O) groups is 3. The normalized spacial score (nSPS) is 10.3. The summed E-state index contributed by atoms with van der Waals surface area (Å²) in [4.78, 5) is 36.0. The summed E-state index contributed by atoms with van der Waals surface area (Å²) in [7, 11) is 2.36. The molecule has 2 N–H and O–H groups in total. The van der Waals surface area contributed by atoms with E-state index >= 15 is 0 Å². The maximum Gasteiger partial charge on any atom is 0.348 e. The SMILES string of the molecule is COC(=O)c1sc(N)c(C(=O)OC)c1COC(=O)COc1ccc(Cl)c(C)c1. The maximum absolute atomic E-state index is 12.0. The van der Waals surface area contributed by atoms with E-state index < -0.39 is 17.9 Å². The third-order valence-corrected chi connectivity index (χ3v) is 5.12. The first-order valence-electron chi connectivity index (χ1n) is 7.90. The molecule has 0 aliphatic heterocycles. The van der Waals surface area contributed by atoms with Crippen molar-refractivity contribution in [3.8, 4) is 5.75 Å². The number of hydrogen-bond donors (Lipinski definition) is 1. The summed E-state index contributed by atoms with van der Waals surface area (Å²) in [6.45, 7) is 1.06. The van der Waals surface area contributed by atoms with Gasteiger partial charge in [0.15, 0.2) is 6.61 Å². The zero-order valence-corrected chi connectivity index (χ0v) is 16.9. The molecule has 0 aliphatic carbocycles. The van der Waals surface area contributed by atoms with Crippen LogP contribution in [0.1, 0.15) is 31.2 Å². The number of halogens is 1. The minimum absolute atomic E-state index is 0.0325. The van der Waals surface area contributed by atoms with E-state index in [4.69, 9.17) is 26.8 Å². The molecule has 0 fully saturated rings. The first-order valence-corrected chi connectivity index (χ1v) is 9.10. The molecule has 1 aromatic heterocycles. The summed E-state index contributed by atoms with van der Waals surface area (Å²) in [5, 5.41) is 0.641. The van der Waals surface area contributed by atoms with Crippen molar-refractivity contribution < 1.29 is 33.3 Å². The summed E-state index contributed by atoms with van der Waals surface area (Å²) in [5.74, 6) is -1.71. The first kappa shape index (κ1) is 21.5. The zero-order chi connectivity index (χ0) is 20.8. The summed E-state index contributed by atoms with van der Waals surface area (Å²) >= 11 is 6.79. The molecule has 0 amide bonds. The predicted molar refractivity (Wildman–Crippen MR) is 103 cm³/mol. The van der Waals surface area contributed by atoms with Gasteiger partial charge in [-0.1, -0.05) is 11.6 Å². The van der Waals surface area contributed by atoms with Crippen molar-refractivity contribution in [1.82, 2.24) is 0 Å². The summed E-state index contributed by atoms with van der Waals surface area (Å²) < 4.78 is 19.8. The molecule has 2 aromatic rings. The number of carbonyl (C=O) groups excluding carboxylic acids is 3. The van der Waals surface area contributed by atoms with E-state index in [9.17, 15) is 14.4 Å². The van der Waals surface area contributed by atoms with Crippen LogP contribution in [0.2, 0.25) is 5.02 Å². The number of rotatable bonds is 7. The van der Waals surface area contributed by atoms with Crippen LogP contribution in [0.25, 0.3) is 0 Å². The standard InChI is InChI=1S/C18H18ClNO7S/c1-9-6-10(4-5-12(9)19)26-8-13(21)27-7-11-14(17(22)24-2)16(20)28-15(11)18(23)25-3/h4-6H,7-8,20H2,1-3H3. The van der Waals surface area contributed by atoms with E-state index in [0.29, 0.717) is 10.8 Å². The molecule has 1 heterocycles. The third-order valence-electron chi connectivity index (χ3n) is 3.66. The van der Waals surface area contributed by atoms with Crippen molar-refractivity contribution in [3.05, 3.63) is 44.8 Å². The van der Waals surface area contributed by atoms with Crippen molar-refractivity contribution >= 4 is 45.8 Å². The molecule has 0 radical (unpaired) electrons. The fourth-order valence-electron chi connectivity index (χ4n) is 2.25. The van der Waals surface area contributed by atoms with Crippen molar-refractivity contribution in [2.75, 3.05) is 26.6 Å². The number of thiophene rings is 1. The Morgan fingerprint density at radius 1 is 1.14 bits per heavy atom. The van der Waals surface area contributed by atoms with E-state index in [1.165, 1.54) is 14.2 Å². The van der Waals surface area contributed by atoms with Gasteiger partial charge in [-0.15, -0.1) is 11.3 Å². The largest absolute Gasteiger partial charge is 0.482 e. The Bertz CT molecular complexity index is 910. The number of methoxy groups -OCH3 is 2. The molecule has 0 bridgehead atoms. The Balaban J connectivity index is 2.09. The van der Waals surface area contributed by atoms with Crippen molar-refractivity contribution in [2.45, 2.75) is 13.5 Å². The lowest BCUT2D eigenvalue weighted by molar-refractivity contribution is -0.147. The van der Waals surface area contributed by atoms with Gasteiger partial charge in [-0.2, -0.15) is 0 Å². The summed E-state index contributed by atoms with van der Waals surface area (Å²) in [6.07, 6.45) is 0. The lowest BCUT2D eigenvalue weighted by atomic mass is 10.1. The smallest absolute Gasteiger partial charge is 0.348 e. The number of nitrogen functional groups attached to an aromatic ring is 1. The van der Waals surface area contributed by atoms with Gasteiger partial charge in [-0.25, -0.2) is 14.4 Å². The Kier molecular flexibility index (Phi) is 7.24. The molecular formula is C18H18ClNO7S. The molecule has 1 aromatic carbocycles. The summed E-state index contributed by atoms with van der Waals surface area (Å²) in [6, 6.07) is 4.95. The second-order valence-electron chi connectivity index (χ2n) is 5.49. The monoisotopic (exact) mass is 427 g/mol. The van der Waals surface area contributed by atoms with Gasteiger partial charge in [0, 0.05) is 10.6 Å². The minimum Gasteiger partial charge on any atom is -0.482 e. The number of hydrogen-bond acceptors (Lipinski definition) is 9. The van der Waals surface area contributed by atoms with Crippen LogP contribution < -0.4 is 10.5 Å². The molecule has 0 unspecified atom stereocenters. The van der Waals surface area contributed by atoms with Crippen LogP contribution in [0, 0.1) is 6.92 Å². The molecule has 0 aliphatic rings. The fraction of sp³-hybridized carbons (Fsp3) is 0.278. The Labute approximate surface area is 170 Å². The van der Waals surface area contributed by atoms with Crippen LogP contribution in [0.3, 0.4) is 0 Å². The Hall–Kier alpha value is -2.78. The number of aryl methyl sites for hydroxylation is 1. The quantitative estimate of drug-likeness (QED) is 0.529. The topological polar surface area (TPSA) is 114 Å². The van der Waals surface area contributed by atoms with Crippen LogP contribution in [-0.2, 0) is 25.6 Å². The Morgan fingerprint density at radius 2 is 1.82 bits per heavy atom. The van der Waals surface area contributed by atoms with Crippen LogP contribution in [0.15, 0.2) is 18.2 Å². The highest BCUT2D eigenvalue weighted by Crippen LogP contribution is 2.33. The zero-order valence-electron chi connectivity index (χ0n) is 15.4. The number of ether oxygens (including phenoxy) is 4. The average molecular weight is 428 g/mol. The second kappa shape index (κ2) is 9.43. The number of benzene rings is 1. The molecule has 150 valence electrons. The van der Waals surface area contributed by atoms with Gasteiger partial charge in [-0.05, 0) is 30.7 Å². The van der Waals surface area contributed by atoms with Crippen molar-refractivity contribution in [3.63, 3.8) is 0 Å². The molecule has 28 heavy (non-hydrogen) atoms. The molecule has 2 rings (SSSR count). The molecule has 0 spiro atoms. The van der Waals surface area contributed by atoms with Crippen LogP contribution in [0.4, 0.5) is 5.00 Å². The fourth-order valence-corrected chi connectivity index (χ4v) is 3.35. The molecular weight excluding hydrogens is 410 g/mol. The highest BCUT2D eigenvalue weighted by Gasteiger charge is 2.28. The average Bonchev–Trinajstić information content (AvgIpc) is 3.02. The molecule has 8 nitrogen and oxygen atoms in total. The van der Waals surface area contributed by atoms with Gasteiger partial charge in [0.05, 0.1) is 14.2 Å². The van der Waals surface area contributed by atoms with E-state index in [2.05, 4.69) is 9.47 Å². The van der Waals surface area contributed by atoms with Gasteiger partial charge in [-0.3, -0.25) is 0 Å².